The maximum Gasteiger partial charge on any atom is 0.272 e. The third-order valence-corrected chi connectivity index (χ3v) is 5.21. The summed E-state index contributed by atoms with van der Waals surface area (Å²) >= 11 is 6.06. The number of halogens is 3. The van der Waals surface area contributed by atoms with Gasteiger partial charge in [-0.3, -0.25) is 9.59 Å². The molecule has 0 atom stereocenters. The van der Waals surface area contributed by atoms with Crippen molar-refractivity contribution in [3.63, 3.8) is 0 Å². The summed E-state index contributed by atoms with van der Waals surface area (Å²) in [5.74, 6) is 0.478. The van der Waals surface area contributed by atoms with Crippen LogP contribution in [0.15, 0.2) is 24.5 Å². The zero-order chi connectivity index (χ0) is 21.3. The monoisotopic (exact) mass is 436 g/mol. The molecule has 0 saturated heterocycles. The first-order valence-electron chi connectivity index (χ1n) is 9.53. The Kier molecular flexibility index (Phi) is 5.80. The third-order valence-electron chi connectivity index (χ3n) is 4.93. The Bertz CT molecular complexity index is 985. The topological polar surface area (TPSA) is 84.4 Å². The molecule has 10 heteroatoms. The third kappa shape index (κ3) is 4.67. The Labute approximate surface area is 176 Å². The van der Waals surface area contributed by atoms with Gasteiger partial charge in [0.25, 0.3) is 12.3 Å². The van der Waals surface area contributed by atoms with Gasteiger partial charge in [-0.15, -0.1) is 0 Å². The number of ether oxygens (including phenoxy) is 1. The largest absolute Gasteiger partial charge is 0.471 e. The fourth-order valence-electron chi connectivity index (χ4n) is 3.31. The molecule has 0 unspecified atom stereocenters. The van der Waals surface area contributed by atoms with Crippen molar-refractivity contribution in [3.8, 4) is 5.88 Å². The smallest absolute Gasteiger partial charge is 0.272 e. The van der Waals surface area contributed by atoms with Crippen LogP contribution in [0.25, 0.3) is 0 Å². The van der Waals surface area contributed by atoms with Crippen molar-refractivity contribution >= 4 is 29.2 Å². The Hall–Kier alpha value is -2.81. The van der Waals surface area contributed by atoms with Gasteiger partial charge in [0.2, 0.25) is 11.8 Å². The van der Waals surface area contributed by atoms with Crippen molar-refractivity contribution in [1.29, 1.82) is 0 Å². The number of fused-ring (bicyclic) bond motifs is 1. The minimum atomic E-state index is -2.63. The molecule has 4 rings (SSSR count). The molecule has 2 aromatic rings. The fraction of sp³-hybridized carbons (Fsp3) is 0.400. The number of hydrogen-bond acceptors (Lipinski definition) is 5. The van der Waals surface area contributed by atoms with E-state index in [4.69, 9.17) is 16.3 Å². The van der Waals surface area contributed by atoms with E-state index in [0.717, 1.165) is 12.8 Å². The van der Waals surface area contributed by atoms with Gasteiger partial charge in [-0.05, 0) is 36.5 Å². The van der Waals surface area contributed by atoms with Crippen LogP contribution in [0.3, 0.4) is 0 Å². The van der Waals surface area contributed by atoms with Crippen LogP contribution in [0.2, 0.25) is 5.02 Å². The molecule has 30 heavy (non-hydrogen) atoms. The molecule has 2 aromatic heterocycles. The zero-order valence-corrected chi connectivity index (χ0v) is 16.7. The molecule has 158 valence electrons. The van der Waals surface area contributed by atoms with Crippen molar-refractivity contribution in [2.45, 2.75) is 38.8 Å². The van der Waals surface area contributed by atoms with Gasteiger partial charge in [0.15, 0.2) is 6.61 Å². The van der Waals surface area contributed by atoms with E-state index in [1.165, 1.54) is 18.5 Å². The first kappa shape index (κ1) is 20.5. The van der Waals surface area contributed by atoms with Gasteiger partial charge in [-0.25, -0.2) is 18.7 Å². The number of nitrogens with one attached hydrogen (secondary N) is 1. The fourth-order valence-corrected chi connectivity index (χ4v) is 3.55. The molecule has 1 aliphatic heterocycles. The molecular formula is C20H19ClF2N4O3. The Morgan fingerprint density at radius 3 is 2.87 bits per heavy atom. The molecule has 3 heterocycles. The molecule has 0 radical (unpaired) electrons. The van der Waals surface area contributed by atoms with Gasteiger partial charge in [-0.1, -0.05) is 11.6 Å². The summed E-state index contributed by atoms with van der Waals surface area (Å²) < 4.78 is 29.4. The van der Waals surface area contributed by atoms with E-state index in [2.05, 4.69) is 15.3 Å². The Morgan fingerprint density at radius 1 is 1.37 bits per heavy atom. The van der Waals surface area contributed by atoms with Gasteiger partial charge in [0, 0.05) is 36.5 Å². The van der Waals surface area contributed by atoms with Crippen molar-refractivity contribution < 1.29 is 23.1 Å². The van der Waals surface area contributed by atoms with E-state index in [-0.39, 0.29) is 35.8 Å². The van der Waals surface area contributed by atoms with Gasteiger partial charge >= 0.3 is 0 Å². The summed E-state index contributed by atoms with van der Waals surface area (Å²) in [7, 11) is 0. The van der Waals surface area contributed by atoms with Crippen LogP contribution < -0.4 is 10.1 Å². The number of amides is 2. The van der Waals surface area contributed by atoms with E-state index in [0.29, 0.717) is 34.8 Å². The first-order valence-corrected chi connectivity index (χ1v) is 9.91. The highest BCUT2D eigenvalue weighted by Gasteiger charge is 2.31. The standard InChI is InChI=1S/C20H19ClF2N4O3/c21-15-5-12(7-25-19(15)30-10-16(22)23)8-27-9-14-13(20(27)29)3-4-24-18(14)26-17(28)6-11-1-2-11/h3-5,7,11,16H,1-2,6,8-10H2,(H,24,26,28). The highest BCUT2D eigenvalue weighted by molar-refractivity contribution is 6.31. The molecule has 1 saturated carbocycles. The lowest BCUT2D eigenvalue weighted by Gasteiger charge is -2.16. The number of anilines is 1. The molecule has 0 bridgehead atoms. The second-order valence-electron chi connectivity index (χ2n) is 7.38. The molecule has 1 aliphatic carbocycles. The second-order valence-corrected chi connectivity index (χ2v) is 7.78. The minimum Gasteiger partial charge on any atom is -0.471 e. The summed E-state index contributed by atoms with van der Waals surface area (Å²) in [6.07, 6.45) is 2.91. The predicted octanol–water partition coefficient (Wildman–Crippen LogP) is 3.67. The van der Waals surface area contributed by atoms with Crippen LogP contribution in [0.4, 0.5) is 14.6 Å². The van der Waals surface area contributed by atoms with Crippen molar-refractivity contribution in [2.75, 3.05) is 11.9 Å². The summed E-state index contributed by atoms with van der Waals surface area (Å²) in [5.41, 5.74) is 1.78. The van der Waals surface area contributed by atoms with Crippen molar-refractivity contribution in [1.82, 2.24) is 14.9 Å². The molecule has 2 amide bonds. The normalized spacial score (nSPS) is 15.5. The average Bonchev–Trinajstić information content (AvgIpc) is 3.45. The lowest BCUT2D eigenvalue weighted by Crippen LogP contribution is -2.23. The predicted molar refractivity (Wildman–Crippen MR) is 105 cm³/mol. The van der Waals surface area contributed by atoms with Crippen LogP contribution >= 0.6 is 11.6 Å². The summed E-state index contributed by atoms with van der Waals surface area (Å²) in [5, 5.41) is 2.91. The lowest BCUT2D eigenvalue weighted by molar-refractivity contribution is -0.116. The summed E-state index contributed by atoms with van der Waals surface area (Å²) in [6, 6.07) is 3.16. The summed E-state index contributed by atoms with van der Waals surface area (Å²) in [4.78, 5) is 34.7. The Balaban J connectivity index is 1.44. The lowest BCUT2D eigenvalue weighted by atomic mass is 10.1. The second kappa shape index (κ2) is 8.51. The van der Waals surface area contributed by atoms with E-state index in [1.807, 2.05) is 0 Å². The number of carbonyl (C=O) groups is 2. The zero-order valence-electron chi connectivity index (χ0n) is 15.9. The van der Waals surface area contributed by atoms with Crippen LogP contribution in [-0.4, -0.2) is 39.7 Å². The molecule has 7 nitrogen and oxygen atoms in total. The van der Waals surface area contributed by atoms with E-state index < -0.39 is 13.0 Å². The van der Waals surface area contributed by atoms with E-state index >= 15 is 0 Å². The van der Waals surface area contributed by atoms with Crippen LogP contribution in [0.1, 0.15) is 40.7 Å². The number of hydrogen-bond donors (Lipinski definition) is 1. The number of nitrogens with zero attached hydrogens (tertiary/aromatic N) is 3. The molecule has 1 fully saturated rings. The van der Waals surface area contributed by atoms with Gasteiger partial charge in [0.05, 0.1) is 6.54 Å². The van der Waals surface area contributed by atoms with Crippen molar-refractivity contribution in [3.05, 3.63) is 46.2 Å². The molecule has 0 spiro atoms. The highest BCUT2D eigenvalue weighted by atomic mass is 35.5. The van der Waals surface area contributed by atoms with Crippen molar-refractivity contribution in [2.24, 2.45) is 5.92 Å². The van der Waals surface area contributed by atoms with Gasteiger partial charge in [-0.2, -0.15) is 0 Å². The molecule has 2 aliphatic rings. The molecular weight excluding hydrogens is 418 g/mol. The minimum absolute atomic E-state index is 0.0818. The maximum atomic E-state index is 12.8. The number of alkyl halides is 2. The van der Waals surface area contributed by atoms with E-state index in [9.17, 15) is 18.4 Å². The highest BCUT2D eigenvalue weighted by Crippen LogP contribution is 2.34. The SMILES string of the molecule is O=C(CC1CC1)Nc1nccc2c1CN(Cc1cnc(OCC(F)F)c(Cl)c1)C2=O. The molecule has 0 aromatic carbocycles. The van der Waals surface area contributed by atoms with Gasteiger partial charge in [0.1, 0.15) is 10.8 Å². The quantitative estimate of drug-likeness (QED) is 0.682. The van der Waals surface area contributed by atoms with Gasteiger partial charge < -0.3 is 15.0 Å². The number of rotatable bonds is 8. The van der Waals surface area contributed by atoms with Crippen LogP contribution in [0, 0.1) is 5.92 Å². The number of aromatic nitrogens is 2. The average molecular weight is 437 g/mol. The maximum absolute atomic E-state index is 12.8. The number of pyridine rings is 2. The van der Waals surface area contributed by atoms with E-state index in [1.54, 1.807) is 11.0 Å². The summed E-state index contributed by atoms with van der Waals surface area (Å²) in [6.45, 7) is -0.304. The van der Waals surface area contributed by atoms with Crippen LogP contribution in [-0.2, 0) is 17.9 Å². The Morgan fingerprint density at radius 2 is 2.17 bits per heavy atom. The van der Waals surface area contributed by atoms with Crippen LogP contribution in [0.5, 0.6) is 5.88 Å². The first-order chi connectivity index (χ1) is 14.4. The number of carbonyl (C=O) groups excluding carboxylic acids is 2. The molecule has 1 N–H and O–H groups in total.